The Morgan fingerprint density at radius 3 is 2.79 bits per heavy atom. The van der Waals surface area contributed by atoms with Crippen LogP contribution in [-0.2, 0) is 4.79 Å². The van der Waals surface area contributed by atoms with Crippen LogP contribution in [0.1, 0.15) is 24.3 Å². The van der Waals surface area contributed by atoms with E-state index in [1.807, 2.05) is 43.3 Å². The fraction of sp³-hybridized carbons (Fsp3) is 0.158. The van der Waals surface area contributed by atoms with Crippen LogP contribution in [0.3, 0.4) is 0 Å². The lowest BCUT2D eigenvalue weighted by Gasteiger charge is -2.12. The second-order valence-corrected chi connectivity index (χ2v) is 5.37. The van der Waals surface area contributed by atoms with Gasteiger partial charge in [0.1, 0.15) is 23.2 Å². The van der Waals surface area contributed by atoms with E-state index in [1.54, 1.807) is 24.3 Å². The smallest absolute Gasteiger partial charge is 0.258 e. The van der Waals surface area contributed by atoms with Crippen molar-refractivity contribution in [1.82, 2.24) is 5.32 Å². The van der Waals surface area contributed by atoms with Crippen molar-refractivity contribution in [1.29, 1.82) is 5.26 Å². The Hall–Kier alpha value is -3.26. The lowest BCUT2D eigenvalue weighted by atomic mass is 10.2. The Balaban J connectivity index is 1.61. The van der Waals surface area contributed by atoms with Gasteiger partial charge in [0.25, 0.3) is 5.91 Å². The number of ether oxygens (including phenoxy) is 1. The summed E-state index contributed by atoms with van der Waals surface area (Å²) in [5, 5.41) is 12.8. The Morgan fingerprint density at radius 2 is 2.00 bits per heavy atom. The molecule has 0 radical (unpaired) electrons. The molecule has 0 aliphatic carbocycles. The van der Waals surface area contributed by atoms with E-state index in [-0.39, 0.29) is 18.6 Å². The molecule has 5 heteroatoms. The number of hydrogen-bond donors (Lipinski definition) is 1. The number of furan rings is 1. The molecule has 3 aromatic rings. The zero-order valence-electron chi connectivity index (χ0n) is 13.2. The van der Waals surface area contributed by atoms with Crippen molar-refractivity contribution in [3.63, 3.8) is 0 Å². The number of fused-ring (bicyclic) bond motifs is 1. The number of carbonyl (C=O) groups is 1. The molecule has 3 rings (SSSR count). The van der Waals surface area contributed by atoms with E-state index in [1.165, 1.54) is 0 Å². The fourth-order valence-corrected chi connectivity index (χ4v) is 2.40. The van der Waals surface area contributed by atoms with E-state index in [0.717, 1.165) is 11.0 Å². The molecular weight excluding hydrogens is 304 g/mol. The molecule has 0 bridgehead atoms. The molecule has 0 saturated heterocycles. The van der Waals surface area contributed by atoms with Crippen LogP contribution in [0, 0.1) is 11.3 Å². The Morgan fingerprint density at radius 1 is 1.25 bits per heavy atom. The number of nitrogens with one attached hydrogen (secondary N) is 1. The number of rotatable bonds is 5. The standard InChI is InChI=1S/C19H16N2O3/c1-13(18-10-14-6-2-5-9-17(14)24-18)21-19(22)12-23-16-8-4-3-7-15(16)11-20/h2-10,13H,12H2,1H3,(H,21,22)/t13-/m1/s1. The lowest BCUT2D eigenvalue weighted by Crippen LogP contribution is -2.31. The Bertz CT molecular complexity index is 875. The molecule has 1 heterocycles. The summed E-state index contributed by atoms with van der Waals surface area (Å²) in [6, 6.07) is 18.1. The van der Waals surface area contributed by atoms with Crippen LogP contribution in [0.5, 0.6) is 5.75 Å². The normalized spacial score (nSPS) is 11.7. The van der Waals surface area contributed by atoms with Crippen molar-refractivity contribution in [2.24, 2.45) is 0 Å². The van der Waals surface area contributed by atoms with E-state index in [9.17, 15) is 4.79 Å². The number of benzene rings is 2. The maximum atomic E-state index is 12.1. The third kappa shape index (κ3) is 3.39. The van der Waals surface area contributed by atoms with E-state index in [4.69, 9.17) is 14.4 Å². The van der Waals surface area contributed by atoms with Gasteiger partial charge in [-0.15, -0.1) is 0 Å². The molecular formula is C19H16N2O3. The van der Waals surface area contributed by atoms with Gasteiger partial charge in [-0.05, 0) is 31.2 Å². The first-order valence-electron chi connectivity index (χ1n) is 7.57. The van der Waals surface area contributed by atoms with Crippen LogP contribution >= 0.6 is 0 Å². The van der Waals surface area contributed by atoms with E-state index >= 15 is 0 Å². The van der Waals surface area contributed by atoms with Gasteiger partial charge in [0.15, 0.2) is 6.61 Å². The van der Waals surface area contributed by atoms with Gasteiger partial charge < -0.3 is 14.5 Å². The number of para-hydroxylation sites is 2. The first kappa shape index (κ1) is 15.6. The summed E-state index contributed by atoms with van der Waals surface area (Å²) in [6.07, 6.45) is 0. The average molecular weight is 320 g/mol. The third-order valence-corrected chi connectivity index (χ3v) is 3.62. The largest absolute Gasteiger partial charge is 0.482 e. The Kier molecular flexibility index (Phi) is 4.48. The molecule has 2 aromatic carbocycles. The van der Waals surface area contributed by atoms with Crippen molar-refractivity contribution >= 4 is 16.9 Å². The molecule has 120 valence electrons. The second-order valence-electron chi connectivity index (χ2n) is 5.37. The van der Waals surface area contributed by atoms with Crippen LogP contribution in [0.4, 0.5) is 0 Å². The van der Waals surface area contributed by atoms with Crippen LogP contribution in [-0.4, -0.2) is 12.5 Å². The first-order valence-corrected chi connectivity index (χ1v) is 7.57. The van der Waals surface area contributed by atoms with Crippen molar-refractivity contribution in [3.05, 3.63) is 65.9 Å². The quantitative estimate of drug-likeness (QED) is 0.780. The zero-order valence-corrected chi connectivity index (χ0v) is 13.2. The maximum Gasteiger partial charge on any atom is 0.258 e. The molecule has 1 aromatic heterocycles. The van der Waals surface area contributed by atoms with Crippen molar-refractivity contribution in [3.8, 4) is 11.8 Å². The van der Waals surface area contributed by atoms with Gasteiger partial charge in [0.2, 0.25) is 0 Å². The number of amides is 1. The number of nitrogens with zero attached hydrogens (tertiary/aromatic N) is 1. The highest BCUT2D eigenvalue weighted by atomic mass is 16.5. The topological polar surface area (TPSA) is 75.3 Å². The molecule has 0 aliphatic rings. The van der Waals surface area contributed by atoms with Gasteiger partial charge in [-0.1, -0.05) is 30.3 Å². The summed E-state index contributed by atoms with van der Waals surface area (Å²) in [6.45, 7) is 1.68. The Labute approximate surface area is 139 Å². The van der Waals surface area contributed by atoms with Crippen molar-refractivity contribution in [2.45, 2.75) is 13.0 Å². The number of nitriles is 1. The predicted octanol–water partition coefficient (Wildman–Crippen LogP) is 3.56. The molecule has 1 N–H and O–H groups in total. The highest BCUT2D eigenvalue weighted by Gasteiger charge is 2.15. The van der Waals surface area contributed by atoms with Crippen LogP contribution < -0.4 is 10.1 Å². The monoisotopic (exact) mass is 320 g/mol. The maximum absolute atomic E-state index is 12.1. The molecule has 0 unspecified atom stereocenters. The highest BCUT2D eigenvalue weighted by Crippen LogP contribution is 2.23. The number of hydrogen-bond acceptors (Lipinski definition) is 4. The van der Waals surface area contributed by atoms with Crippen LogP contribution in [0.2, 0.25) is 0 Å². The van der Waals surface area contributed by atoms with Gasteiger partial charge in [-0.25, -0.2) is 0 Å². The summed E-state index contributed by atoms with van der Waals surface area (Å²) < 4.78 is 11.2. The van der Waals surface area contributed by atoms with Crippen LogP contribution in [0.15, 0.2) is 59.0 Å². The third-order valence-electron chi connectivity index (χ3n) is 3.62. The molecule has 0 aliphatic heterocycles. The molecule has 1 amide bonds. The van der Waals surface area contributed by atoms with Crippen molar-refractivity contribution < 1.29 is 13.9 Å². The zero-order chi connectivity index (χ0) is 16.9. The predicted molar refractivity (Wildman–Crippen MR) is 89.4 cm³/mol. The summed E-state index contributed by atoms with van der Waals surface area (Å²) in [5.74, 6) is 0.796. The first-order chi connectivity index (χ1) is 11.7. The SMILES string of the molecule is C[C@@H](NC(=O)COc1ccccc1C#N)c1cc2ccccc2o1. The summed E-state index contributed by atoms with van der Waals surface area (Å²) in [5.41, 5.74) is 1.18. The molecule has 0 fully saturated rings. The summed E-state index contributed by atoms with van der Waals surface area (Å²) in [4.78, 5) is 12.1. The van der Waals surface area contributed by atoms with Gasteiger partial charge in [0, 0.05) is 5.39 Å². The van der Waals surface area contributed by atoms with E-state index in [2.05, 4.69) is 5.32 Å². The molecule has 0 saturated carbocycles. The minimum Gasteiger partial charge on any atom is -0.482 e. The molecule has 1 atom stereocenters. The molecule has 24 heavy (non-hydrogen) atoms. The van der Waals surface area contributed by atoms with Crippen molar-refractivity contribution in [2.75, 3.05) is 6.61 Å². The van der Waals surface area contributed by atoms with Gasteiger partial charge in [-0.3, -0.25) is 4.79 Å². The average Bonchev–Trinajstić information content (AvgIpc) is 3.04. The van der Waals surface area contributed by atoms with Gasteiger partial charge in [0.05, 0.1) is 11.6 Å². The lowest BCUT2D eigenvalue weighted by molar-refractivity contribution is -0.123. The second kappa shape index (κ2) is 6.88. The van der Waals surface area contributed by atoms with E-state index in [0.29, 0.717) is 17.1 Å². The fourth-order valence-electron chi connectivity index (χ4n) is 2.40. The van der Waals surface area contributed by atoms with E-state index < -0.39 is 0 Å². The molecule has 0 spiro atoms. The van der Waals surface area contributed by atoms with Gasteiger partial charge in [-0.2, -0.15) is 5.26 Å². The number of carbonyl (C=O) groups excluding carboxylic acids is 1. The minimum atomic E-state index is -0.282. The molecule has 5 nitrogen and oxygen atoms in total. The van der Waals surface area contributed by atoms with Crippen LogP contribution in [0.25, 0.3) is 11.0 Å². The summed E-state index contributed by atoms with van der Waals surface area (Å²) in [7, 11) is 0. The minimum absolute atomic E-state index is 0.163. The summed E-state index contributed by atoms with van der Waals surface area (Å²) >= 11 is 0. The van der Waals surface area contributed by atoms with Gasteiger partial charge >= 0.3 is 0 Å². The highest BCUT2D eigenvalue weighted by molar-refractivity contribution is 5.79.